The predicted molar refractivity (Wildman–Crippen MR) is 76.9 cm³/mol. The summed E-state index contributed by atoms with van der Waals surface area (Å²) in [6.45, 7) is 9.17. The van der Waals surface area contributed by atoms with Crippen molar-refractivity contribution in [3.63, 3.8) is 0 Å². The third kappa shape index (κ3) is 1.95. The van der Waals surface area contributed by atoms with E-state index in [1.165, 1.54) is 48.0 Å². The summed E-state index contributed by atoms with van der Waals surface area (Å²) in [7, 11) is 0. The van der Waals surface area contributed by atoms with Gasteiger partial charge in [0, 0.05) is 30.2 Å². The molecule has 0 spiro atoms. The average Bonchev–Trinajstić information content (AvgIpc) is 2.98. The molecule has 2 aromatic rings. The first-order chi connectivity index (χ1) is 8.79. The molecule has 0 unspecified atom stereocenters. The quantitative estimate of drug-likeness (QED) is 0.799. The van der Waals surface area contributed by atoms with Crippen LogP contribution < -0.4 is 0 Å². The molecule has 1 aromatic heterocycles. The minimum Gasteiger partial charge on any atom is -0.347 e. The normalized spacial score (nSPS) is 16.8. The Balaban J connectivity index is 2.04. The largest absolute Gasteiger partial charge is 0.347 e. The minimum absolute atomic E-state index is 1.06. The molecule has 96 valence electrons. The number of fused-ring (bicyclic) bond motifs is 1. The lowest BCUT2D eigenvalue weighted by Crippen LogP contribution is -2.18. The van der Waals surface area contributed by atoms with Crippen LogP contribution in [0.2, 0.25) is 0 Å². The second-order valence-corrected chi connectivity index (χ2v) is 5.39. The van der Waals surface area contributed by atoms with E-state index in [4.69, 9.17) is 0 Å². The third-order valence-electron chi connectivity index (χ3n) is 4.13. The fourth-order valence-corrected chi connectivity index (χ4v) is 3.19. The molecule has 0 aliphatic carbocycles. The Morgan fingerprint density at radius 3 is 2.67 bits per heavy atom. The number of likely N-dealkylation sites (tertiary alicyclic amines) is 1. The van der Waals surface area contributed by atoms with E-state index in [0.717, 1.165) is 13.1 Å². The zero-order valence-electron chi connectivity index (χ0n) is 11.4. The summed E-state index contributed by atoms with van der Waals surface area (Å²) in [5.41, 5.74) is 4.31. The summed E-state index contributed by atoms with van der Waals surface area (Å²) in [5.74, 6) is 0. The molecule has 1 aliphatic rings. The van der Waals surface area contributed by atoms with E-state index in [-0.39, 0.29) is 0 Å². The molecular formula is C16H22N2. The number of benzene rings is 1. The topological polar surface area (TPSA) is 8.17 Å². The molecule has 2 heterocycles. The summed E-state index contributed by atoms with van der Waals surface area (Å²) in [5, 5.41) is 1.48. The van der Waals surface area contributed by atoms with Gasteiger partial charge in [-0.3, -0.25) is 4.90 Å². The first-order valence-electron chi connectivity index (χ1n) is 7.09. The Hall–Kier alpha value is -1.28. The van der Waals surface area contributed by atoms with E-state index in [9.17, 15) is 0 Å². The van der Waals surface area contributed by atoms with E-state index in [2.05, 4.69) is 47.7 Å². The van der Waals surface area contributed by atoms with Gasteiger partial charge >= 0.3 is 0 Å². The molecule has 2 nitrogen and oxygen atoms in total. The zero-order chi connectivity index (χ0) is 12.5. The molecule has 0 amide bonds. The van der Waals surface area contributed by atoms with Crippen molar-refractivity contribution >= 4 is 10.9 Å². The van der Waals surface area contributed by atoms with Crippen molar-refractivity contribution in [2.75, 3.05) is 13.1 Å². The van der Waals surface area contributed by atoms with Crippen LogP contribution in [0.5, 0.6) is 0 Å². The van der Waals surface area contributed by atoms with E-state index in [0.29, 0.717) is 0 Å². The van der Waals surface area contributed by atoms with Crippen molar-refractivity contribution in [3.05, 3.63) is 35.5 Å². The minimum atomic E-state index is 1.06. The fraction of sp³-hybridized carbons (Fsp3) is 0.500. The highest BCUT2D eigenvalue weighted by molar-refractivity contribution is 5.87. The van der Waals surface area contributed by atoms with Crippen molar-refractivity contribution < 1.29 is 0 Å². The standard InChI is InChI=1S/C16H22N2/c1-3-18-12-14(11-17-9-4-5-10-17)16-13(2)7-6-8-15(16)18/h6-8,12H,3-5,9-11H2,1-2H3. The Kier molecular flexibility index (Phi) is 3.13. The van der Waals surface area contributed by atoms with Gasteiger partial charge in [-0.05, 0) is 57.0 Å². The van der Waals surface area contributed by atoms with E-state index in [1.54, 1.807) is 0 Å². The van der Waals surface area contributed by atoms with Gasteiger partial charge in [0.2, 0.25) is 0 Å². The number of aromatic nitrogens is 1. The lowest BCUT2D eigenvalue weighted by molar-refractivity contribution is 0.332. The first-order valence-corrected chi connectivity index (χ1v) is 7.09. The van der Waals surface area contributed by atoms with Gasteiger partial charge in [-0.2, -0.15) is 0 Å². The monoisotopic (exact) mass is 242 g/mol. The third-order valence-corrected chi connectivity index (χ3v) is 4.13. The van der Waals surface area contributed by atoms with Gasteiger partial charge in [0.15, 0.2) is 0 Å². The molecule has 0 N–H and O–H groups in total. The van der Waals surface area contributed by atoms with E-state index < -0.39 is 0 Å². The highest BCUT2D eigenvalue weighted by atomic mass is 15.1. The molecule has 2 heteroatoms. The maximum Gasteiger partial charge on any atom is 0.0486 e. The molecule has 1 fully saturated rings. The van der Waals surface area contributed by atoms with Crippen LogP contribution in [0.25, 0.3) is 10.9 Å². The number of nitrogens with zero attached hydrogens (tertiary/aromatic N) is 2. The van der Waals surface area contributed by atoms with Crippen molar-refractivity contribution in [3.8, 4) is 0 Å². The molecule has 3 rings (SSSR count). The van der Waals surface area contributed by atoms with Crippen molar-refractivity contribution in [2.45, 2.75) is 39.8 Å². The number of hydrogen-bond acceptors (Lipinski definition) is 1. The predicted octanol–water partition coefficient (Wildman–Crippen LogP) is 3.57. The van der Waals surface area contributed by atoms with Gasteiger partial charge in [0.1, 0.15) is 0 Å². The van der Waals surface area contributed by atoms with Gasteiger partial charge in [0.05, 0.1) is 0 Å². The van der Waals surface area contributed by atoms with Gasteiger partial charge in [-0.1, -0.05) is 12.1 Å². The second kappa shape index (κ2) is 4.77. The summed E-state index contributed by atoms with van der Waals surface area (Å²) >= 11 is 0. The van der Waals surface area contributed by atoms with Crippen LogP contribution >= 0.6 is 0 Å². The van der Waals surface area contributed by atoms with Crippen LogP contribution in [-0.4, -0.2) is 22.6 Å². The van der Waals surface area contributed by atoms with E-state index >= 15 is 0 Å². The number of hydrogen-bond donors (Lipinski definition) is 0. The van der Waals surface area contributed by atoms with Crippen LogP contribution in [0, 0.1) is 6.92 Å². The SMILES string of the molecule is CCn1cc(CN2CCCC2)c2c(C)cccc21. The molecular weight excluding hydrogens is 220 g/mol. The van der Waals surface area contributed by atoms with Crippen LogP contribution in [0.4, 0.5) is 0 Å². The lowest BCUT2D eigenvalue weighted by atomic mass is 10.1. The summed E-state index contributed by atoms with van der Waals surface area (Å²) in [4.78, 5) is 2.58. The van der Waals surface area contributed by atoms with Crippen LogP contribution in [-0.2, 0) is 13.1 Å². The number of aryl methyl sites for hydroxylation is 2. The maximum absolute atomic E-state index is 2.58. The van der Waals surface area contributed by atoms with Crippen molar-refractivity contribution in [1.82, 2.24) is 9.47 Å². The summed E-state index contributed by atoms with van der Waals surface area (Å²) in [6, 6.07) is 6.65. The van der Waals surface area contributed by atoms with Crippen molar-refractivity contribution in [2.24, 2.45) is 0 Å². The highest BCUT2D eigenvalue weighted by Crippen LogP contribution is 2.27. The van der Waals surface area contributed by atoms with Gasteiger partial charge in [-0.25, -0.2) is 0 Å². The summed E-state index contributed by atoms with van der Waals surface area (Å²) < 4.78 is 2.38. The van der Waals surface area contributed by atoms with Gasteiger partial charge in [0.25, 0.3) is 0 Å². The van der Waals surface area contributed by atoms with Gasteiger partial charge < -0.3 is 4.57 Å². The number of rotatable bonds is 3. The molecule has 0 radical (unpaired) electrons. The molecule has 0 atom stereocenters. The van der Waals surface area contributed by atoms with Crippen LogP contribution in [0.1, 0.15) is 30.9 Å². The lowest BCUT2D eigenvalue weighted by Gasteiger charge is -2.14. The Labute approximate surface area is 109 Å². The molecule has 1 saturated heterocycles. The fourth-order valence-electron chi connectivity index (χ4n) is 3.19. The van der Waals surface area contributed by atoms with Gasteiger partial charge in [-0.15, -0.1) is 0 Å². The van der Waals surface area contributed by atoms with Crippen molar-refractivity contribution in [1.29, 1.82) is 0 Å². The Morgan fingerprint density at radius 2 is 1.94 bits per heavy atom. The summed E-state index contributed by atoms with van der Waals surface area (Å²) in [6.07, 6.45) is 5.09. The molecule has 1 aromatic carbocycles. The molecule has 0 bridgehead atoms. The molecule has 0 saturated carbocycles. The molecule has 18 heavy (non-hydrogen) atoms. The first kappa shape index (κ1) is 11.8. The smallest absolute Gasteiger partial charge is 0.0486 e. The van der Waals surface area contributed by atoms with Crippen LogP contribution in [0.3, 0.4) is 0 Å². The zero-order valence-corrected chi connectivity index (χ0v) is 11.4. The highest BCUT2D eigenvalue weighted by Gasteiger charge is 2.16. The molecule has 1 aliphatic heterocycles. The van der Waals surface area contributed by atoms with Crippen LogP contribution in [0.15, 0.2) is 24.4 Å². The Morgan fingerprint density at radius 1 is 1.17 bits per heavy atom. The second-order valence-electron chi connectivity index (χ2n) is 5.39. The Bertz CT molecular complexity index is 547. The average molecular weight is 242 g/mol. The van der Waals surface area contributed by atoms with E-state index in [1.807, 2.05) is 0 Å². The maximum atomic E-state index is 2.58.